The Kier molecular flexibility index (Phi) is 6.56. The lowest BCUT2D eigenvalue weighted by Crippen LogP contribution is -2.31. The van der Waals surface area contributed by atoms with Crippen molar-refractivity contribution in [1.29, 1.82) is 0 Å². The van der Waals surface area contributed by atoms with Crippen LogP contribution in [0.4, 0.5) is 0 Å². The van der Waals surface area contributed by atoms with Crippen molar-refractivity contribution < 1.29 is 14.3 Å². The van der Waals surface area contributed by atoms with Crippen molar-refractivity contribution in [2.75, 3.05) is 20.8 Å². The van der Waals surface area contributed by atoms with Gasteiger partial charge in [0.1, 0.15) is 0 Å². The molecule has 0 bridgehead atoms. The van der Waals surface area contributed by atoms with Gasteiger partial charge in [-0.3, -0.25) is 4.79 Å². The number of carbonyl (C=O) groups is 1. The summed E-state index contributed by atoms with van der Waals surface area (Å²) in [6.07, 6.45) is 0.944. The molecular weight excluding hydrogens is 262 g/mol. The molecule has 0 saturated carbocycles. The highest BCUT2D eigenvalue weighted by atomic mass is 32.2. The van der Waals surface area contributed by atoms with E-state index in [0.29, 0.717) is 11.5 Å². The zero-order valence-corrected chi connectivity index (χ0v) is 12.7. The van der Waals surface area contributed by atoms with E-state index in [0.717, 1.165) is 17.9 Å². The molecule has 0 aliphatic rings. The highest BCUT2D eigenvalue weighted by Gasteiger charge is 2.14. The van der Waals surface area contributed by atoms with Gasteiger partial charge in [-0.2, -0.15) is 0 Å². The second kappa shape index (κ2) is 7.94. The molecule has 0 aromatic heterocycles. The predicted molar refractivity (Wildman–Crippen MR) is 78.2 cm³/mol. The summed E-state index contributed by atoms with van der Waals surface area (Å²) in [6, 6.07) is 5.65. The number of amides is 1. The summed E-state index contributed by atoms with van der Waals surface area (Å²) in [5, 5.41) is 2.75. The van der Waals surface area contributed by atoms with Crippen LogP contribution in [0.5, 0.6) is 11.5 Å². The van der Waals surface area contributed by atoms with E-state index < -0.39 is 0 Å². The maximum Gasteiger partial charge on any atom is 0.233 e. The molecule has 0 saturated heterocycles. The molecule has 0 unspecified atom stereocenters. The van der Waals surface area contributed by atoms with Crippen LogP contribution in [0, 0.1) is 0 Å². The van der Waals surface area contributed by atoms with E-state index in [1.807, 2.05) is 32.0 Å². The van der Waals surface area contributed by atoms with Crippen molar-refractivity contribution in [3.8, 4) is 11.5 Å². The Bertz CT molecular complexity index is 423. The number of hydrogen-bond donors (Lipinski definition) is 1. The van der Waals surface area contributed by atoms with Crippen molar-refractivity contribution in [2.45, 2.75) is 30.4 Å². The quantitative estimate of drug-likeness (QED) is 0.782. The number of hydrogen-bond acceptors (Lipinski definition) is 4. The summed E-state index contributed by atoms with van der Waals surface area (Å²) in [6.45, 7) is 4.65. The topological polar surface area (TPSA) is 47.6 Å². The van der Waals surface area contributed by atoms with Gasteiger partial charge >= 0.3 is 0 Å². The molecule has 19 heavy (non-hydrogen) atoms. The Balaban J connectivity index is 2.68. The van der Waals surface area contributed by atoms with Crippen LogP contribution in [0.25, 0.3) is 0 Å². The van der Waals surface area contributed by atoms with Gasteiger partial charge in [0, 0.05) is 11.4 Å². The lowest BCUT2D eigenvalue weighted by molar-refractivity contribution is -0.120. The minimum absolute atomic E-state index is 0.0571. The van der Waals surface area contributed by atoms with Gasteiger partial charge in [0.2, 0.25) is 5.91 Å². The second-order valence-corrected chi connectivity index (χ2v) is 5.48. The highest BCUT2D eigenvalue weighted by Crippen LogP contribution is 2.33. The second-order valence-electron chi connectivity index (χ2n) is 4.07. The number of carbonyl (C=O) groups excluding carboxylic acids is 1. The fraction of sp³-hybridized carbons (Fsp3) is 0.500. The molecule has 1 aromatic rings. The predicted octanol–water partition coefficient (Wildman–Crippen LogP) is 2.71. The zero-order chi connectivity index (χ0) is 14.3. The van der Waals surface area contributed by atoms with Crippen LogP contribution in [0.15, 0.2) is 23.1 Å². The number of benzene rings is 1. The molecular formula is C14H21NO3S. The van der Waals surface area contributed by atoms with E-state index in [4.69, 9.17) is 9.47 Å². The first-order valence-corrected chi connectivity index (χ1v) is 7.16. The first-order valence-electron chi connectivity index (χ1n) is 6.28. The van der Waals surface area contributed by atoms with Gasteiger partial charge in [0.25, 0.3) is 0 Å². The van der Waals surface area contributed by atoms with Crippen molar-refractivity contribution >= 4 is 17.7 Å². The largest absolute Gasteiger partial charge is 0.493 e. The first kappa shape index (κ1) is 15.7. The molecule has 0 spiro atoms. The van der Waals surface area contributed by atoms with E-state index in [2.05, 4.69) is 5.32 Å². The lowest BCUT2D eigenvalue weighted by Gasteiger charge is -2.13. The standard InChI is InChI=1S/C14H21NO3S/c1-5-8-15-14(16)10(2)19-11-6-7-12(17-3)13(9-11)18-4/h6-7,9-10H,5,8H2,1-4H3,(H,15,16)/t10-/m0/s1. The fourth-order valence-electron chi connectivity index (χ4n) is 1.54. The Morgan fingerprint density at radius 3 is 2.58 bits per heavy atom. The molecule has 106 valence electrons. The Hall–Kier alpha value is -1.36. The molecule has 0 aliphatic heterocycles. The van der Waals surface area contributed by atoms with E-state index in [1.165, 1.54) is 11.8 Å². The molecule has 1 rings (SSSR count). The zero-order valence-electron chi connectivity index (χ0n) is 11.9. The summed E-state index contributed by atoms with van der Waals surface area (Å²) in [4.78, 5) is 12.8. The molecule has 5 heteroatoms. The van der Waals surface area contributed by atoms with Gasteiger partial charge in [0.05, 0.1) is 19.5 Å². The highest BCUT2D eigenvalue weighted by molar-refractivity contribution is 8.00. The Labute approximate surface area is 118 Å². The third kappa shape index (κ3) is 4.67. The molecule has 1 atom stereocenters. The summed E-state index contributed by atoms with van der Waals surface area (Å²) in [7, 11) is 3.20. The van der Waals surface area contributed by atoms with E-state index in [-0.39, 0.29) is 11.2 Å². The van der Waals surface area contributed by atoms with Gasteiger partial charge < -0.3 is 14.8 Å². The van der Waals surface area contributed by atoms with Gasteiger partial charge in [-0.1, -0.05) is 6.92 Å². The Morgan fingerprint density at radius 2 is 2.00 bits per heavy atom. The van der Waals surface area contributed by atoms with E-state index in [1.54, 1.807) is 14.2 Å². The van der Waals surface area contributed by atoms with E-state index in [9.17, 15) is 4.79 Å². The van der Waals surface area contributed by atoms with Crippen LogP contribution in [-0.2, 0) is 4.79 Å². The maximum atomic E-state index is 11.8. The molecule has 1 N–H and O–H groups in total. The summed E-state index contributed by atoms with van der Waals surface area (Å²) >= 11 is 1.50. The third-order valence-electron chi connectivity index (χ3n) is 2.59. The van der Waals surface area contributed by atoms with Gasteiger partial charge in [-0.15, -0.1) is 11.8 Å². The molecule has 0 fully saturated rings. The van der Waals surface area contributed by atoms with Crippen LogP contribution in [0.3, 0.4) is 0 Å². The lowest BCUT2D eigenvalue weighted by atomic mass is 10.3. The SMILES string of the molecule is CCCNC(=O)[C@H](C)Sc1ccc(OC)c(OC)c1. The molecule has 1 aromatic carbocycles. The monoisotopic (exact) mass is 283 g/mol. The van der Waals surface area contributed by atoms with Gasteiger partial charge in [0.15, 0.2) is 11.5 Å². The van der Waals surface area contributed by atoms with Crippen molar-refractivity contribution in [2.24, 2.45) is 0 Å². The fourth-order valence-corrected chi connectivity index (χ4v) is 2.46. The number of methoxy groups -OCH3 is 2. The summed E-state index contributed by atoms with van der Waals surface area (Å²) < 4.78 is 10.4. The number of nitrogens with one attached hydrogen (secondary N) is 1. The van der Waals surface area contributed by atoms with Gasteiger partial charge in [-0.05, 0) is 31.5 Å². The van der Waals surface area contributed by atoms with Crippen LogP contribution in [0.1, 0.15) is 20.3 Å². The molecule has 4 nitrogen and oxygen atoms in total. The van der Waals surface area contributed by atoms with Crippen LogP contribution in [0.2, 0.25) is 0 Å². The van der Waals surface area contributed by atoms with Crippen molar-refractivity contribution in [3.63, 3.8) is 0 Å². The minimum atomic E-state index is -0.135. The average Bonchev–Trinajstić information content (AvgIpc) is 2.44. The summed E-state index contributed by atoms with van der Waals surface area (Å²) in [5.74, 6) is 1.42. The molecule has 0 heterocycles. The van der Waals surface area contributed by atoms with Crippen molar-refractivity contribution in [3.05, 3.63) is 18.2 Å². The maximum absolute atomic E-state index is 11.8. The van der Waals surface area contributed by atoms with E-state index >= 15 is 0 Å². The minimum Gasteiger partial charge on any atom is -0.493 e. The molecule has 1 amide bonds. The average molecular weight is 283 g/mol. The smallest absolute Gasteiger partial charge is 0.233 e. The Morgan fingerprint density at radius 1 is 1.32 bits per heavy atom. The third-order valence-corrected chi connectivity index (χ3v) is 3.68. The number of thioether (sulfide) groups is 1. The molecule has 0 aliphatic carbocycles. The first-order chi connectivity index (χ1) is 9.12. The van der Waals surface area contributed by atoms with Crippen molar-refractivity contribution in [1.82, 2.24) is 5.32 Å². The van der Waals surface area contributed by atoms with Gasteiger partial charge in [-0.25, -0.2) is 0 Å². The summed E-state index contributed by atoms with van der Waals surface area (Å²) in [5.41, 5.74) is 0. The number of ether oxygens (including phenoxy) is 2. The van der Waals surface area contributed by atoms with Crippen LogP contribution in [-0.4, -0.2) is 31.9 Å². The number of rotatable bonds is 7. The van der Waals surface area contributed by atoms with Crippen LogP contribution < -0.4 is 14.8 Å². The van der Waals surface area contributed by atoms with Crippen LogP contribution >= 0.6 is 11.8 Å². The normalized spacial score (nSPS) is 11.8. The molecule has 0 radical (unpaired) electrons.